The maximum Gasteiger partial charge on any atom is 0.416 e. The first-order chi connectivity index (χ1) is 18.5. The second-order valence-electron chi connectivity index (χ2n) is 8.34. The van der Waals surface area contributed by atoms with E-state index in [1.807, 2.05) is 0 Å². The number of ether oxygens (including phenoxy) is 1. The summed E-state index contributed by atoms with van der Waals surface area (Å²) < 4.78 is 47.2. The quantitative estimate of drug-likeness (QED) is 0.337. The van der Waals surface area contributed by atoms with Crippen molar-refractivity contribution in [3.8, 4) is 17.2 Å². The Morgan fingerprint density at radius 1 is 1.15 bits per heavy atom. The summed E-state index contributed by atoms with van der Waals surface area (Å²) in [6.07, 6.45) is -7.00. The number of hydrogen-bond donors (Lipinski definition) is 2. The zero-order valence-corrected chi connectivity index (χ0v) is 21.0. The van der Waals surface area contributed by atoms with Crippen LogP contribution in [0.2, 0.25) is 10.0 Å². The molecule has 12 nitrogen and oxygen atoms in total. The largest absolute Gasteiger partial charge is 0.447 e. The molecule has 0 saturated carbocycles. The summed E-state index contributed by atoms with van der Waals surface area (Å²) in [4.78, 5) is 33.4. The summed E-state index contributed by atoms with van der Waals surface area (Å²) in [6.45, 7) is -1.53. The number of alkyl carbamates (subject to hydrolysis) is 1. The molecule has 3 aromatic heterocycles. The number of carbonyl (C=O) groups excluding carboxylic acids is 1. The highest BCUT2D eigenvalue weighted by atomic mass is 35.5. The predicted molar refractivity (Wildman–Crippen MR) is 129 cm³/mol. The fourth-order valence-electron chi connectivity index (χ4n) is 3.81. The number of benzene rings is 1. The molecule has 204 valence electrons. The van der Waals surface area contributed by atoms with Crippen LogP contribution in [0.4, 0.5) is 18.0 Å². The Morgan fingerprint density at radius 2 is 1.90 bits per heavy atom. The van der Waals surface area contributed by atoms with Crippen LogP contribution in [0.15, 0.2) is 47.4 Å². The average molecular weight is 585 g/mol. The van der Waals surface area contributed by atoms with E-state index in [0.29, 0.717) is 9.59 Å². The van der Waals surface area contributed by atoms with Crippen LogP contribution in [0.5, 0.6) is 0 Å². The third kappa shape index (κ3) is 5.46. The summed E-state index contributed by atoms with van der Waals surface area (Å²) >= 11 is 12.2. The molecule has 0 bridgehead atoms. The molecule has 5 rings (SSSR count). The topological polar surface area (TPSA) is 142 Å². The molecular weight excluding hydrogens is 568 g/mol. The number of hydrogen-bond acceptors (Lipinski definition) is 8. The van der Waals surface area contributed by atoms with E-state index in [-0.39, 0.29) is 47.0 Å². The minimum atomic E-state index is -4.97. The van der Waals surface area contributed by atoms with E-state index >= 15 is 0 Å². The van der Waals surface area contributed by atoms with E-state index < -0.39 is 36.6 Å². The van der Waals surface area contributed by atoms with Crippen molar-refractivity contribution in [2.45, 2.75) is 31.4 Å². The minimum Gasteiger partial charge on any atom is -0.447 e. The second-order valence-corrected chi connectivity index (χ2v) is 9.18. The normalized spacial score (nSPS) is 16.3. The Labute approximate surface area is 226 Å². The van der Waals surface area contributed by atoms with Gasteiger partial charge in [0.15, 0.2) is 29.4 Å². The van der Waals surface area contributed by atoms with Gasteiger partial charge in [-0.25, -0.2) is 24.2 Å². The van der Waals surface area contributed by atoms with E-state index in [4.69, 9.17) is 27.9 Å². The lowest BCUT2D eigenvalue weighted by Gasteiger charge is -2.15. The van der Waals surface area contributed by atoms with E-state index in [9.17, 15) is 27.9 Å². The first-order valence-electron chi connectivity index (χ1n) is 11.2. The zero-order valence-electron chi connectivity index (χ0n) is 19.5. The standard InChI is InChI=1S/C22H17Cl2F3N8O4/c23-12-5-3-11(4-6-12)17-32-34(21(38)33(17)8-15(36)22(25,26)27)9-16-30-19(14-10-39-20(37)29-14)35(31-16)18-13(24)2-1-7-28-18/h1-7,14-15,36H,8-10H2,(H,29,37). The highest BCUT2D eigenvalue weighted by molar-refractivity contribution is 6.32. The first-order valence-corrected chi connectivity index (χ1v) is 11.9. The monoisotopic (exact) mass is 584 g/mol. The molecule has 17 heteroatoms. The fraction of sp³-hybridized carbons (Fsp3) is 0.273. The van der Waals surface area contributed by atoms with Gasteiger partial charge in [-0.3, -0.25) is 4.57 Å². The van der Waals surface area contributed by atoms with Crippen LogP contribution >= 0.6 is 23.2 Å². The van der Waals surface area contributed by atoms with Gasteiger partial charge in [0.2, 0.25) is 0 Å². The van der Waals surface area contributed by atoms with Gasteiger partial charge in [0.25, 0.3) is 0 Å². The lowest BCUT2D eigenvalue weighted by atomic mass is 10.2. The van der Waals surface area contributed by atoms with Crippen LogP contribution in [0, 0.1) is 0 Å². The van der Waals surface area contributed by atoms with Crippen molar-refractivity contribution in [3.63, 3.8) is 0 Å². The Kier molecular flexibility index (Phi) is 7.05. The molecule has 0 aliphatic carbocycles. The van der Waals surface area contributed by atoms with Gasteiger partial charge >= 0.3 is 18.0 Å². The Bertz CT molecular complexity index is 1590. The molecule has 2 N–H and O–H groups in total. The van der Waals surface area contributed by atoms with Crippen molar-refractivity contribution in [1.29, 1.82) is 0 Å². The van der Waals surface area contributed by atoms with E-state index in [1.54, 1.807) is 12.1 Å². The van der Waals surface area contributed by atoms with Gasteiger partial charge in [-0.1, -0.05) is 23.2 Å². The maximum absolute atomic E-state index is 13.2. The summed E-state index contributed by atoms with van der Waals surface area (Å²) in [5, 5.41) is 21.4. The summed E-state index contributed by atoms with van der Waals surface area (Å²) in [6, 6.07) is 8.35. The van der Waals surface area contributed by atoms with Gasteiger partial charge in [-0.05, 0) is 36.4 Å². The van der Waals surface area contributed by atoms with Gasteiger partial charge in [0.1, 0.15) is 19.2 Å². The third-order valence-electron chi connectivity index (χ3n) is 5.65. The van der Waals surface area contributed by atoms with E-state index in [1.165, 1.54) is 35.1 Å². The number of pyridine rings is 1. The molecule has 1 saturated heterocycles. The number of carbonyl (C=O) groups is 1. The molecule has 1 aliphatic heterocycles. The van der Waals surface area contributed by atoms with Crippen LogP contribution in [0.3, 0.4) is 0 Å². The highest BCUT2D eigenvalue weighted by Crippen LogP contribution is 2.25. The van der Waals surface area contributed by atoms with Gasteiger partial charge in [-0.2, -0.15) is 17.9 Å². The van der Waals surface area contributed by atoms with E-state index in [2.05, 4.69) is 25.5 Å². The van der Waals surface area contributed by atoms with Gasteiger partial charge < -0.3 is 15.2 Å². The molecule has 1 aliphatic rings. The average Bonchev–Trinajstić information content (AvgIpc) is 3.58. The lowest BCUT2D eigenvalue weighted by Crippen LogP contribution is -2.37. The van der Waals surface area contributed by atoms with E-state index in [0.717, 1.165) is 4.68 Å². The van der Waals surface area contributed by atoms with Crippen LogP contribution in [0.1, 0.15) is 17.7 Å². The molecule has 39 heavy (non-hydrogen) atoms. The number of halogens is 5. The Balaban J connectivity index is 1.57. The fourth-order valence-corrected chi connectivity index (χ4v) is 4.13. The van der Waals surface area contributed by atoms with Crippen molar-refractivity contribution >= 4 is 29.3 Å². The molecule has 0 spiro atoms. The first kappa shape index (κ1) is 26.6. The van der Waals surface area contributed by atoms with Crippen molar-refractivity contribution in [2.24, 2.45) is 0 Å². The number of rotatable bonds is 7. The molecule has 1 amide bonds. The zero-order chi connectivity index (χ0) is 27.9. The summed E-state index contributed by atoms with van der Waals surface area (Å²) in [5.41, 5.74) is -0.663. The van der Waals surface area contributed by atoms with Crippen molar-refractivity contribution in [2.75, 3.05) is 6.61 Å². The molecular formula is C22H17Cl2F3N8O4. The smallest absolute Gasteiger partial charge is 0.416 e. The lowest BCUT2D eigenvalue weighted by molar-refractivity contribution is -0.207. The second kappa shape index (κ2) is 10.3. The van der Waals surface area contributed by atoms with Crippen molar-refractivity contribution < 1.29 is 27.8 Å². The molecule has 2 atom stereocenters. The van der Waals surface area contributed by atoms with Crippen molar-refractivity contribution in [3.05, 3.63) is 74.8 Å². The number of aliphatic hydroxyl groups excluding tert-OH is 1. The molecule has 1 aromatic carbocycles. The third-order valence-corrected chi connectivity index (χ3v) is 6.20. The van der Waals surface area contributed by atoms with Crippen molar-refractivity contribution in [1.82, 2.24) is 39.4 Å². The Hall–Kier alpha value is -3.95. The van der Waals surface area contributed by atoms with Crippen LogP contribution in [-0.2, 0) is 17.8 Å². The molecule has 4 heterocycles. The van der Waals surface area contributed by atoms with Gasteiger partial charge in [0, 0.05) is 16.8 Å². The number of nitrogens with zero attached hydrogens (tertiary/aromatic N) is 7. The van der Waals surface area contributed by atoms with Crippen LogP contribution < -0.4 is 11.0 Å². The van der Waals surface area contributed by atoms with Gasteiger partial charge in [0.05, 0.1) is 11.6 Å². The summed E-state index contributed by atoms with van der Waals surface area (Å²) in [7, 11) is 0. The molecule has 4 aromatic rings. The van der Waals surface area contributed by atoms with Crippen LogP contribution in [-0.4, -0.2) is 64.2 Å². The number of cyclic esters (lactones) is 1. The molecule has 0 radical (unpaired) electrons. The number of alkyl halides is 3. The Morgan fingerprint density at radius 3 is 2.54 bits per heavy atom. The summed E-state index contributed by atoms with van der Waals surface area (Å²) in [5.74, 6) is 0.249. The number of aromatic nitrogens is 7. The minimum absolute atomic E-state index is 0.0126. The van der Waals surface area contributed by atoms with Gasteiger partial charge in [-0.15, -0.1) is 10.2 Å². The predicted octanol–water partition coefficient (Wildman–Crippen LogP) is 2.75. The SMILES string of the molecule is O=C1NC(c2nc(Cn3nc(-c4ccc(Cl)cc4)n(CC(O)C(F)(F)F)c3=O)nn2-c2ncccc2Cl)CO1. The molecule has 1 fully saturated rings. The molecule has 2 unspecified atom stereocenters. The number of amides is 1. The number of nitrogens with one attached hydrogen (secondary N) is 1. The van der Waals surface area contributed by atoms with Crippen LogP contribution in [0.25, 0.3) is 17.2 Å². The maximum atomic E-state index is 13.2. The number of aliphatic hydroxyl groups is 1. The highest BCUT2D eigenvalue weighted by Gasteiger charge is 2.39.